The molecule has 2 rings (SSSR count). The van der Waals surface area contributed by atoms with Gasteiger partial charge in [0.1, 0.15) is 0 Å². The number of hydrogen-bond acceptors (Lipinski definition) is 2. The largest absolute Gasteiger partial charge is 0.339 e. The van der Waals surface area contributed by atoms with Crippen LogP contribution in [0.1, 0.15) is 39.0 Å². The molecule has 0 aromatic rings. The molecule has 1 saturated carbocycles. The summed E-state index contributed by atoms with van der Waals surface area (Å²) in [6, 6.07) is 0.454. The summed E-state index contributed by atoms with van der Waals surface area (Å²) in [6.45, 7) is 5.08. The Labute approximate surface area is 92.2 Å². The van der Waals surface area contributed by atoms with Gasteiger partial charge >= 0.3 is 0 Å². The molecule has 15 heavy (non-hydrogen) atoms. The Bertz CT molecular complexity index is 220. The quantitative estimate of drug-likeness (QED) is 0.760. The van der Waals surface area contributed by atoms with Crippen LogP contribution >= 0.6 is 0 Å². The number of rotatable bonds is 4. The predicted molar refractivity (Wildman–Crippen MR) is 60.6 cm³/mol. The van der Waals surface area contributed by atoms with Gasteiger partial charge < -0.3 is 10.2 Å². The van der Waals surface area contributed by atoms with Gasteiger partial charge in [-0.3, -0.25) is 4.79 Å². The summed E-state index contributed by atoms with van der Waals surface area (Å²) in [5.41, 5.74) is 0. The van der Waals surface area contributed by atoms with E-state index < -0.39 is 0 Å². The van der Waals surface area contributed by atoms with Crippen molar-refractivity contribution in [2.45, 2.75) is 45.1 Å². The first kappa shape index (κ1) is 10.9. The molecule has 1 aliphatic heterocycles. The van der Waals surface area contributed by atoms with E-state index in [1.54, 1.807) is 0 Å². The maximum absolute atomic E-state index is 12.0. The number of hydrogen-bond donors (Lipinski definition) is 1. The zero-order valence-corrected chi connectivity index (χ0v) is 9.67. The Morgan fingerprint density at radius 3 is 2.73 bits per heavy atom. The standard InChI is InChI=1S/C12H22N2O/c1-2-14(11-4-3-7-13-9-11)12(15)8-10-5-6-10/h10-11,13H,2-9H2,1H3. The van der Waals surface area contributed by atoms with E-state index in [9.17, 15) is 4.79 Å². The summed E-state index contributed by atoms with van der Waals surface area (Å²) in [4.78, 5) is 14.1. The third-order valence-corrected chi connectivity index (χ3v) is 3.53. The highest BCUT2D eigenvalue weighted by molar-refractivity contribution is 5.77. The van der Waals surface area contributed by atoms with Crippen molar-refractivity contribution in [2.75, 3.05) is 19.6 Å². The van der Waals surface area contributed by atoms with Crippen LogP contribution in [0.2, 0.25) is 0 Å². The minimum Gasteiger partial charge on any atom is -0.339 e. The van der Waals surface area contributed by atoms with Crippen molar-refractivity contribution >= 4 is 5.91 Å². The van der Waals surface area contributed by atoms with Gasteiger partial charge in [0.2, 0.25) is 5.91 Å². The lowest BCUT2D eigenvalue weighted by Crippen LogP contribution is -2.48. The molecule has 0 spiro atoms. The van der Waals surface area contributed by atoms with Gasteiger partial charge in [0, 0.05) is 25.6 Å². The number of carbonyl (C=O) groups is 1. The topological polar surface area (TPSA) is 32.3 Å². The van der Waals surface area contributed by atoms with Crippen LogP contribution < -0.4 is 5.32 Å². The molecule has 0 aromatic carbocycles. The highest BCUT2D eigenvalue weighted by Gasteiger charge is 2.29. The normalized spacial score (nSPS) is 26.3. The van der Waals surface area contributed by atoms with E-state index in [0.717, 1.165) is 26.1 Å². The van der Waals surface area contributed by atoms with E-state index in [4.69, 9.17) is 0 Å². The molecule has 0 aromatic heterocycles. The van der Waals surface area contributed by atoms with Crippen molar-refractivity contribution in [3.8, 4) is 0 Å². The molecule has 3 nitrogen and oxygen atoms in total. The summed E-state index contributed by atoms with van der Waals surface area (Å²) < 4.78 is 0. The van der Waals surface area contributed by atoms with Crippen LogP contribution in [0.25, 0.3) is 0 Å². The second-order valence-corrected chi connectivity index (χ2v) is 4.83. The fraction of sp³-hybridized carbons (Fsp3) is 0.917. The molecular weight excluding hydrogens is 188 g/mol. The Kier molecular flexibility index (Phi) is 3.62. The Hall–Kier alpha value is -0.570. The molecule has 3 heteroatoms. The molecule has 0 radical (unpaired) electrons. The summed E-state index contributed by atoms with van der Waals surface area (Å²) in [6.07, 6.45) is 5.72. The first-order valence-electron chi connectivity index (χ1n) is 6.31. The number of nitrogens with one attached hydrogen (secondary N) is 1. The molecule has 2 fully saturated rings. The van der Waals surface area contributed by atoms with Crippen LogP contribution in [-0.2, 0) is 4.79 Å². The molecule has 1 amide bonds. The van der Waals surface area contributed by atoms with E-state index in [-0.39, 0.29) is 0 Å². The van der Waals surface area contributed by atoms with Crippen molar-refractivity contribution in [2.24, 2.45) is 5.92 Å². The van der Waals surface area contributed by atoms with Crippen molar-refractivity contribution in [3.63, 3.8) is 0 Å². The maximum Gasteiger partial charge on any atom is 0.223 e. The Morgan fingerprint density at radius 2 is 2.20 bits per heavy atom. The fourth-order valence-electron chi connectivity index (χ4n) is 2.42. The highest BCUT2D eigenvalue weighted by atomic mass is 16.2. The fourth-order valence-corrected chi connectivity index (χ4v) is 2.42. The lowest BCUT2D eigenvalue weighted by atomic mass is 10.1. The van der Waals surface area contributed by atoms with Crippen LogP contribution in [0, 0.1) is 5.92 Å². The molecular formula is C12H22N2O. The van der Waals surface area contributed by atoms with Gasteiger partial charge in [0.15, 0.2) is 0 Å². The molecule has 0 bridgehead atoms. The zero-order valence-electron chi connectivity index (χ0n) is 9.67. The van der Waals surface area contributed by atoms with E-state index in [2.05, 4.69) is 17.1 Å². The van der Waals surface area contributed by atoms with Crippen LogP contribution in [0.4, 0.5) is 0 Å². The van der Waals surface area contributed by atoms with E-state index in [1.165, 1.54) is 25.7 Å². The van der Waals surface area contributed by atoms with E-state index in [0.29, 0.717) is 17.9 Å². The van der Waals surface area contributed by atoms with Crippen LogP contribution in [0.15, 0.2) is 0 Å². The smallest absolute Gasteiger partial charge is 0.223 e. The van der Waals surface area contributed by atoms with Crippen molar-refractivity contribution in [3.05, 3.63) is 0 Å². The second-order valence-electron chi connectivity index (χ2n) is 4.83. The molecule has 2 aliphatic rings. The van der Waals surface area contributed by atoms with Crippen molar-refractivity contribution in [1.82, 2.24) is 10.2 Å². The van der Waals surface area contributed by atoms with Crippen LogP contribution in [0.3, 0.4) is 0 Å². The van der Waals surface area contributed by atoms with Gasteiger partial charge in [0.05, 0.1) is 0 Å². The molecule has 86 valence electrons. The summed E-state index contributed by atoms with van der Waals surface area (Å²) >= 11 is 0. The zero-order chi connectivity index (χ0) is 10.7. The molecule has 1 atom stereocenters. The van der Waals surface area contributed by atoms with Crippen LogP contribution in [-0.4, -0.2) is 36.5 Å². The van der Waals surface area contributed by atoms with Gasteiger partial charge in [-0.05, 0) is 45.1 Å². The van der Waals surface area contributed by atoms with Gasteiger partial charge in [0.25, 0.3) is 0 Å². The predicted octanol–water partition coefficient (Wildman–Crippen LogP) is 1.39. The minimum atomic E-state index is 0.383. The lowest BCUT2D eigenvalue weighted by Gasteiger charge is -2.34. The molecule has 1 heterocycles. The third kappa shape index (κ3) is 2.94. The number of nitrogens with zero attached hydrogens (tertiary/aromatic N) is 1. The van der Waals surface area contributed by atoms with Gasteiger partial charge in [-0.2, -0.15) is 0 Å². The summed E-state index contributed by atoms with van der Waals surface area (Å²) in [5.74, 6) is 1.09. The highest BCUT2D eigenvalue weighted by Crippen LogP contribution is 2.33. The number of carbonyl (C=O) groups excluding carboxylic acids is 1. The molecule has 1 unspecified atom stereocenters. The first-order chi connectivity index (χ1) is 7.31. The Morgan fingerprint density at radius 1 is 1.40 bits per heavy atom. The number of likely N-dealkylation sites (N-methyl/N-ethyl adjacent to an activating group) is 1. The van der Waals surface area contributed by atoms with E-state index >= 15 is 0 Å². The number of amides is 1. The summed E-state index contributed by atoms with van der Waals surface area (Å²) in [5, 5.41) is 3.38. The monoisotopic (exact) mass is 210 g/mol. The molecule has 1 saturated heterocycles. The van der Waals surface area contributed by atoms with E-state index in [1.807, 2.05) is 0 Å². The Balaban J connectivity index is 1.85. The average Bonchev–Trinajstić information content (AvgIpc) is 3.04. The summed E-state index contributed by atoms with van der Waals surface area (Å²) in [7, 11) is 0. The average molecular weight is 210 g/mol. The van der Waals surface area contributed by atoms with Crippen molar-refractivity contribution < 1.29 is 4.79 Å². The molecule has 1 aliphatic carbocycles. The van der Waals surface area contributed by atoms with Gasteiger partial charge in [-0.25, -0.2) is 0 Å². The minimum absolute atomic E-state index is 0.383. The third-order valence-electron chi connectivity index (χ3n) is 3.53. The number of piperidine rings is 1. The van der Waals surface area contributed by atoms with Gasteiger partial charge in [-0.1, -0.05) is 0 Å². The maximum atomic E-state index is 12.0. The first-order valence-corrected chi connectivity index (χ1v) is 6.31. The van der Waals surface area contributed by atoms with Crippen molar-refractivity contribution in [1.29, 1.82) is 0 Å². The molecule has 1 N–H and O–H groups in total. The lowest BCUT2D eigenvalue weighted by molar-refractivity contribution is -0.134. The SMILES string of the molecule is CCN(C(=O)CC1CC1)C1CCCNC1. The van der Waals surface area contributed by atoms with Crippen LogP contribution in [0.5, 0.6) is 0 Å². The van der Waals surface area contributed by atoms with Gasteiger partial charge in [-0.15, -0.1) is 0 Å². The second kappa shape index (κ2) is 4.97.